The Hall–Kier alpha value is -1.30. The third-order valence-electron chi connectivity index (χ3n) is 3.02. The maximum absolute atomic E-state index is 12.1. The van der Waals surface area contributed by atoms with Gasteiger partial charge >= 0.3 is 6.03 Å². The van der Waals surface area contributed by atoms with E-state index >= 15 is 0 Å². The van der Waals surface area contributed by atoms with Gasteiger partial charge in [-0.1, -0.05) is 0 Å². The molecule has 98 valence electrons. The van der Waals surface area contributed by atoms with Crippen LogP contribution in [-0.4, -0.2) is 67.6 Å². The van der Waals surface area contributed by atoms with E-state index in [1.165, 1.54) is 4.90 Å². The molecule has 2 N–H and O–H groups in total. The predicted octanol–water partition coefficient (Wildman–Crippen LogP) is -0.532. The van der Waals surface area contributed by atoms with Crippen molar-refractivity contribution >= 4 is 11.9 Å². The molecular formula is C11H22N4O2. The van der Waals surface area contributed by atoms with E-state index < -0.39 is 6.04 Å². The second-order valence-corrected chi connectivity index (χ2v) is 4.20. The Morgan fingerprint density at radius 3 is 2.53 bits per heavy atom. The van der Waals surface area contributed by atoms with Crippen LogP contribution in [0.25, 0.3) is 0 Å². The molecule has 0 aliphatic carbocycles. The second kappa shape index (κ2) is 6.44. The summed E-state index contributed by atoms with van der Waals surface area (Å²) in [6.45, 7) is 7.26. The molecule has 6 heteroatoms. The van der Waals surface area contributed by atoms with Crippen molar-refractivity contribution in [1.82, 2.24) is 20.4 Å². The number of carbonyl (C=O) groups excluding carboxylic acids is 2. The van der Waals surface area contributed by atoms with Crippen molar-refractivity contribution in [3.05, 3.63) is 0 Å². The van der Waals surface area contributed by atoms with Crippen molar-refractivity contribution in [2.24, 2.45) is 0 Å². The number of urea groups is 1. The summed E-state index contributed by atoms with van der Waals surface area (Å²) in [7, 11) is 1.65. The molecule has 1 aliphatic heterocycles. The second-order valence-electron chi connectivity index (χ2n) is 4.20. The van der Waals surface area contributed by atoms with E-state index in [0.717, 1.165) is 13.1 Å². The molecule has 0 aromatic rings. The quantitative estimate of drug-likeness (QED) is 0.699. The lowest BCUT2D eigenvalue weighted by Crippen LogP contribution is -2.54. The minimum absolute atomic E-state index is 0.0141. The van der Waals surface area contributed by atoms with Crippen LogP contribution in [0.3, 0.4) is 0 Å². The predicted molar refractivity (Wildman–Crippen MR) is 65.7 cm³/mol. The number of likely N-dealkylation sites (N-methyl/N-ethyl adjacent to an activating group) is 1. The van der Waals surface area contributed by atoms with Crippen LogP contribution in [0.4, 0.5) is 4.79 Å². The van der Waals surface area contributed by atoms with Gasteiger partial charge in [-0.3, -0.25) is 4.79 Å². The van der Waals surface area contributed by atoms with E-state index in [2.05, 4.69) is 10.6 Å². The first-order chi connectivity index (χ1) is 8.07. The Kier molecular flexibility index (Phi) is 5.21. The molecule has 1 atom stereocenters. The van der Waals surface area contributed by atoms with Gasteiger partial charge in [0, 0.05) is 39.8 Å². The Morgan fingerprint density at radius 2 is 2.00 bits per heavy atom. The first kappa shape index (κ1) is 13.8. The zero-order valence-electron chi connectivity index (χ0n) is 10.8. The van der Waals surface area contributed by atoms with Gasteiger partial charge in [0.05, 0.1) is 0 Å². The molecule has 1 heterocycles. The molecule has 0 aromatic carbocycles. The molecule has 6 nitrogen and oxygen atoms in total. The van der Waals surface area contributed by atoms with E-state index in [1.54, 1.807) is 18.9 Å². The fourth-order valence-electron chi connectivity index (χ4n) is 1.77. The highest BCUT2D eigenvalue weighted by atomic mass is 16.2. The van der Waals surface area contributed by atoms with Gasteiger partial charge in [0.25, 0.3) is 0 Å². The maximum atomic E-state index is 12.1. The normalized spacial score (nSPS) is 17.5. The van der Waals surface area contributed by atoms with Crippen LogP contribution >= 0.6 is 0 Å². The smallest absolute Gasteiger partial charge is 0.317 e. The highest BCUT2D eigenvalue weighted by molar-refractivity contribution is 5.86. The van der Waals surface area contributed by atoms with Crippen LogP contribution < -0.4 is 10.6 Å². The molecule has 1 rings (SSSR count). The number of hydrogen-bond acceptors (Lipinski definition) is 3. The Morgan fingerprint density at radius 1 is 1.41 bits per heavy atom. The van der Waals surface area contributed by atoms with Crippen molar-refractivity contribution in [1.29, 1.82) is 0 Å². The third kappa shape index (κ3) is 3.59. The lowest BCUT2D eigenvalue weighted by molar-refractivity contribution is -0.135. The summed E-state index contributed by atoms with van der Waals surface area (Å²) in [4.78, 5) is 27.0. The average Bonchev–Trinajstić information content (AvgIpc) is 2.37. The van der Waals surface area contributed by atoms with Gasteiger partial charge in [-0.05, 0) is 13.8 Å². The van der Waals surface area contributed by atoms with Crippen LogP contribution in [0, 0.1) is 0 Å². The monoisotopic (exact) mass is 242 g/mol. The topological polar surface area (TPSA) is 64.7 Å². The van der Waals surface area contributed by atoms with Gasteiger partial charge in [0.1, 0.15) is 6.04 Å². The fourth-order valence-corrected chi connectivity index (χ4v) is 1.77. The van der Waals surface area contributed by atoms with Crippen molar-refractivity contribution < 1.29 is 9.59 Å². The Bertz CT molecular complexity index is 277. The highest BCUT2D eigenvalue weighted by Crippen LogP contribution is 2.03. The Labute approximate surface area is 102 Å². The molecule has 0 saturated carbocycles. The number of nitrogens with zero attached hydrogens (tertiary/aromatic N) is 2. The van der Waals surface area contributed by atoms with Gasteiger partial charge < -0.3 is 20.4 Å². The average molecular weight is 242 g/mol. The first-order valence-corrected chi connectivity index (χ1v) is 6.08. The minimum Gasteiger partial charge on any atom is -0.338 e. The summed E-state index contributed by atoms with van der Waals surface area (Å²) in [5.41, 5.74) is 0. The van der Waals surface area contributed by atoms with Gasteiger partial charge in [-0.2, -0.15) is 0 Å². The minimum atomic E-state index is -0.417. The number of rotatable bonds is 3. The van der Waals surface area contributed by atoms with Crippen LogP contribution in [0.15, 0.2) is 0 Å². The molecule has 1 saturated heterocycles. The largest absolute Gasteiger partial charge is 0.338 e. The van der Waals surface area contributed by atoms with Crippen LogP contribution in [0.5, 0.6) is 0 Å². The summed E-state index contributed by atoms with van der Waals surface area (Å²) >= 11 is 0. The summed E-state index contributed by atoms with van der Waals surface area (Å²) in [5.74, 6) is 0.0141. The summed E-state index contributed by atoms with van der Waals surface area (Å²) in [6.07, 6.45) is 0. The molecule has 0 bridgehead atoms. The molecule has 1 fully saturated rings. The van der Waals surface area contributed by atoms with Crippen LogP contribution in [0.2, 0.25) is 0 Å². The van der Waals surface area contributed by atoms with Gasteiger partial charge in [0.15, 0.2) is 0 Å². The molecule has 1 unspecified atom stereocenters. The van der Waals surface area contributed by atoms with Crippen LogP contribution in [-0.2, 0) is 4.79 Å². The molecule has 17 heavy (non-hydrogen) atoms. The number of nitrogens with one attached hydrogen (secondary N) is 2. The van der Waals surface area contributed by atoms with Crippen molar-refractivity contribution in [2.45, 2.75) is 19.9 Å². The van der Waals surface area contributed by atoms with Gasteiger partial charge in [-0.25, -0.2) is 4.79 Å². The Balaban J connectivity index is 2.52. The van der Waals surface area contributed by atoms with Gasteiger partial charge in [0.2, 0.25) is 5.91 Å². The third-order valence-corrected chi connectivity index (χ3v) is 3.02. The first-order valence-electron chi connectivity index (χ1n) is 6.08. The molecule has 0 spiro atoms. The molecule has 0 radical (unpaired) electrons. The van der Waals surface area contributed by atoms with E-state index in [4.69, 9.17) is 0 Å². The highest BCUT2D eigenvalue weighted by Gasteiger charge is 2.27. The standard InChI is InChI=1S/C11H22N4O2/c1-4-13-11(17)14(3)9(2)10(16)15-7-5-12-6-8-15/h9,12H,4-8H2,1-3H3,(H,13,17). The molecule has 0 aromatic heterocycles. The maximum Gasteiger partial charge on any atom is 0.317 e. The number of amides is 3. The SMILES string of the molecule is CCNC(=O)N(C)C(C)C(=O)N1CCNCC1. The zero-order valence-corrected chi connectivity index (χ0v) is 10.8. The van der Waals surface area contributed by atoms with E-state index in [9.17, 15) is 9.59 Å². The van der Waals surface area contributed by atoms with Crippen molar-refractivity contribution in [3.63, 3.8) is 0 Å². The van der Waals surface area contributed by atoms with Crippen molar-refractivity contribution in [3.8, 4) is 0 Å². The summed E-state index contributed by atoms with van der Waals surface area (Å²) in [5, 5.41) is 5.88. The number of hydrogen-bond donors (Lipinski definition) is 2. The molecular weight excluding hydrogens is 220 g/mol. The lowest BCUT2D eigenvalue weighted by atomic mass is 10.2. The lowest BCUT2D eigenvalue weighted by Gasteiger charge is -2.33. The van der Waals surface area contributed by atoms with E-state index in [0.29, 0.717) is 19.6 Å². The van der Waals surface area contributed by atoms with Crippen molar-refractivity contribution in [2.75, 3.05) is 39.8 Å². The fraction of sp³-hybridized carbons (Fsp3) is 0.818. The van der Waals surface area contributed by atoms with E-state index in [1.807, 2.05) is 6.92 Å². The molecule has 3 amide bonds. The van der Waals surface area contributed by atoms with E-state index in [-0.39, 0.29) is 11.9 Å². The number of carbonyl (C=O) groups is 2. The molecule has 1 aliphatic rings. The zero-order chi connectivity index (χ0) is 12.8. The van der Waals surface area contributed by atoms with Gasteiger partial charge in [-0.15, -0.1) is 0 Å². The summed E-state index contributed by atoms with van der Waals surface area (Å²) in [6, 6.07) is -0.622. The number of piperazine rings is 1. The summed E-state index contributed by atoms with van der Waals surface area (Å²) < 4.78 is 0. The van der Waals surface area contributed by atoms with Crippen LogP contribution in [0.1, 0.15) is 13.8 Å².